The Hall–Kier alpha value is -2.46. The van der Waals surface area contributed by atoms with Gasteiger partial charge in [-0.2, -0.15) is 0 Å². The smallest absolute Gasteiger partial charge is 0.241 e. The van der Waals surface area contributed by atoms with Gasteiger partial charge in [0.25, 0.3) is 0 Å². The Kier molecular flexibility index (Phi) is 5.66. The third-order valence-corrected chi connectivity index (χ3v) is 3.51. The van der Waals surface area contributed by atoms with Crippen molar-refractivity contribution in [1.82, 2.24) is 0 Å². The number of rotatable bonds is 6. The van der Waals surface area contributed by atoms with Crippen LogP contribution in [0.1, 0.15) is 16.7 Å². The number of amides is 1. The minimum absolute atomic E-state index is 0.296. The SMILES string of the molecule is COc1ccc(/C=C\C(N)=O)cc1COc1ccc(C)cc1Cl. The summed E-state index contributed by atoms with van der Waals surface area (Å²) in [4.78, 5) is 10.8. The van der Waals surface area contributed by atoms with Gasteiger partial charge in [0.2, 0.25) is 5.91 Å². The molecule has 0 radical (unpaired) electrons. The fourth-order valence-corrected chi connectivity index (χ4v) is 2.36. The fourth-order valence-electron chi connectivity index (χ4n) is 2.07. The van der Waals surface area contributed by atoms with Crippen molar-refractivity contribution in [2.75, 3.05) is 7.11 Å². The molecule has 0 aliphatic rings. The van der Waals surface area contributed by atoms with E-state index < -0.39 is 5.91 Å². The molecule has 2 rings (SSSR count). The molecule has 5 heteroatoms. The highest BCUT2D eigenvalue weighted by molar-refractivity contribution is 6.32. The maximum atomic E-state index is 10.8. The third-order valence-electron chi connectivity index (χ3n) is 3.22. The predicted molar refractivity (Wildman–Crippen MR) is 91.7 cm³/mol. The van der Waals surface area contributed by atoms with Crippen molar-refractivity contribution < 1.29 is 14.3 Å². The Morgan fingerprint density at radius 1 is 1.22 bits per heavy atom. The number of primary amides is 1. The van der Waals surface area contributed by atoms with Crippen LogP contribution in [0.15, 0.2) is 42.5 Å². The first-order valence-electron chi connectivity index (χ1n) is 7.03. The van der Waals surface area contributed by atoms with Crippen LogP contribution < -0.4 is 15.2 Å². The summed E-state index contributed by atoms with van der Waals surface area (Å²) < 4.78 is 11.1. The first-order chi connectivity index (χ1) is 11.0. The lowest BCUT2D eigenvalue weighted by Gasteiger charge is -2.12. The van der Waals surface area contributed by atoms with Gasteiger partial charge in [-0.15, -0.1) is 0 Å². The van der Waals surface area contributed by atoms with Crippen LogP contribution in [0.4, 0.5) is 0 Å². The lowest BCUT2D eigenvalue weighted by atomic mass is 10.1. The summed E-state index contributed by atoms with van der Waals surface area (Å²) in [7, 11) is 1.59. The van der Waals surface area contributed by atoms with E-state index in [-0.39, 0.29) is 0 Å². The molecule has 120 valence electrons. The van der Waals surface area contributed by atoms with Gasteiger partial charge in [0.1, 0.15) is 18.1 Å². The van der Waals surface area contributed by atoms with Crippen LogP contribution in [-0.2, 0) is 11.4 Å². The standard InChI is InChI=1S/C18H18ClNO3/c1-12-3-6-17(15(19)9-12)23-11-14-10-13(5-8-18(20)21)4-7-16(14)22-2/h3-10H,11H2,1-2H3,(H2,20,21)/b8-5-. The van der Waals surface area contributed by atoms with Crippen LogP contribution in [0.3, 0.4) is 0 Å². The highest BCUT2D eigenvalue weighted by Gasteiger charge is 2.07. The molecular formula is C18H18ClNO3. The number of methoxy groups -OCH3 is 1. The number of halogens is 1. The van der Waals surface area contributed by atoms with Crippen molar-refractivity contribution >= 4 is 23.6 Å². The van der Waals surface area contributed by atoms with Crippen molar-refractivity contribution in [3.8, 4) is 11.5 Å². The summed E-state index contributed by atoms with van der Waals surface area (Å²) in [6.45, 7) is 2.26. The van der Waals surface area contributed by atoms with E-state index in [4.69, 9.17) is 26.8 Å². The number of hydrogen-bond donors (Lipinski definition) is 1. The van der Waals surface area contributed by atoms with E-state index in [1.165, 1.54) is 6.08 Å². The molecule has 2 aromatic carbocycles. The van der Waals surface area contributed by atoms with Crippen molar-refractivity contribution in [3.63, 3.8) is 0 Å². The van der Waals surface area contributed by atoms with Crippen molar-refractivity contribution in [3.05, 3.63) is 64.2 Å². The summed E-state index contributed by atoms with van der Waals surface area (Å²) in [6.07, 6.45) is 2.95. The summed E-state index contributed by atoms with van der Waals surface area (Å²) in [5.74, 6) is 0.812. The number of benzene rings is 2. The molecule has 0 saturated carbocycles. The number of ether oxygens (including phenoxy) is 2. The minimum atomic E-state index is -0.495. The number of carbonyl (C=O) groups excluding carboxylic acids is 1. The normalized spacial score (nSPS) is 10.7. The minimum Gasteiger partial charge on any atom is -0.496 e. The molecule has 0 heterocycles. The largest absolute Gasteiger partial charge is 0.496 e. The van der Waals surface area contributed by atoms with Gasteiger partial charge in [-0.05, 0) is 48.4 Å². The van der Waals surface area contributed by atoms with E-state index in [9.17, 15) is 4.79 Å². The van der Waals surface area contributed by atoms with Gasteiger partial charge >= 0.3 is 0 Å². The zero-order valence-corrected chi connectivity index (χ0v) is 13.8. The van der Waals surface area contributed by atoms with E-state index in [0.717, 1.165) is 16.7 Å². The third kappa shape index (κ3) is 4.76. The van der Waals surface area contributed by atoms with E-state index >= 15 is 0 Å². The van der Waals surface area contributed by atoms with Crippen LogP contribution in [-0.4, -0.2) is 13.0 Å². The summed E-state index contributed by atoms with van der Waals surface area (Å²) in [6, 6.07) is 11.1. The number of carbonyl (C=O) groups is 1. The van der Waals surface area contributed by atoms with Gasteiger partial charge in [0, 0.05) is 11.6 Å². The summed E-state index contributed by atoms with van der Waals surface area (Å²) in [5.41, 5.74) is 7.85. The summed E-state index contributed by atoms with van der Waals surface area (Å²) >= 11 is 6.17. The van der Waals surface area contributed by atoms with Crippen LogP contribution >= 0.6 is 11.6 Å². The van der Waals surface area contributed by atoms with Crippen molar-refractivity contribution in [1.29, 1.82) is 0 Å². The van der Waals surface area contributed by atoms with E-state index in [1.807, 2.05) is 43.3 Å². The van der Waals surface area contributed by atoms with Gasteiger partial charge in [0.05, 0.1) is 12.1 Å². The highest BCUT2D eigenvalue weighted by Crippen LogP contribution is 2.28. The molecule has 2 aromatic rings. The molecule has 1 amide bonds. The second-order valence-electron chi connectivity index (χ2n) is 5.03. The molecule has 23 heavy (non-hydrogen) atoms. The molecule has 0 unspecified atom stereocenters. The van der Waals surface area contributed by atoms with Crippen LogP contribution in [0.5, 0.6) is 11.5 Å². The average molecular weight is 332 g/mol. The Morgan fingerprint density at radius 2 is 1.96 bits per heavy atom. The fraction of sp³-hybridized carbons (Fsp3) is 0.167. The molecule has 0 spiro atoms. The van der Waals surface area contributed by atoms with Crippen molar-refractivity contribution in [2.45, 2.75) is 13.5 Å². The van der Waals surface area contributed by atoms with Gasteiger partial charge in [-0.25, -0.2) is 0 Å². The molecule has 0 saturated heterocycles. The number of hydrogen-bond acceptors (Lipinski definition) is 3. The molecule has 0 bridgehead atoms. The Balaban J connectivity index is 2.20. The molecular weight excluding hydrogens is 314 g/mol. The summed E-state index contributed by atoms with van der Waals surface area (Å²) in [5, 5.41) is 0.564. The molecule has 0 fully saturated rings. The quantitative estimate of drug-likeness (QED) is 0.820. The zero-order chi connectivity index (χ0) is 16.8. The number of nitrogens with two attached hydrogens (primary N) is 1. The molecule has 0 aromatic heterocycles. The van der Waals surface area contributed by atoms with Crippen LogP contribution in [0, 0.1) is 6.92 Å². The molecule has 4 nitrogen and oxygen atoms in total. The number of aryl methyl sites for hydroxylation is 1. The van der Waals surface area contributed by atoms with Crippen LogP contribution in [0.2, 0.25) is 5.02 Å². The van der Waals surface area contributed by atoms with Crippen LogP contribution in [0.25, 0.3) is 6.08 Å². The van der Waals surface area contributed by atoms with E-state index in [1.54, 1.807) is 13.2 Å². The first-order valence-corrected chi connectivity index (χ1v) is 7.41. The molecule has 2 N–H and O–H groups in total. The molecule has 0 atom stereocenters. The lowest BCUT2D eigenvalue weighted by molar-refractivity contribution is -0.113. The maximum Gasteiger partial charge on any atom is 0.241 e. The Bertz CT molecular complexity index is 741. The van der Waals surface area contributed by atoms with E-state index in [2.05, 4.69) is 0 Å². The topological polar surface area (TPSA) is 61.5 Å². The van der Waals surface area contributed by atoms with Gasteiger partial charge < -0.3 is 15.2 Å². The second kappa shape index (κ2) is 7.70. The van der Waals surface area contributed by atoms with Gasteiger partial charge in [0.15, 0.2) is 0 Å². The molecule has 0 aliphatic heterocycles. The monoisotopic (exact) mass is 331 g/mol. The maximum absolute atomic E-state index is 10.8. The predicted octanol–water partition coefficient (Wildman–Crippen LogP) is 3.73. The Labute approximate surface area is 140 Å². The Morgan fingerprint density at radius 3 is 2.61 bits per heavy atom. The highest BCUT2D eigenvalue weighted by atomic mass is 35.5. The van der Waals surface area contributed by atoms with E-state index in [0.29, 0.717) is 23.1 Å². The van der Waals surface area contributed by atoms with Gasteiger partial charge in [-0.3, -0.25) is 4.79 Å². The average Bonchev–Trinajstić information content (AvgIpc) is 2.52. The first kappa shape index (κ1) is 16.9. The van der Waals surface area contributed by atoms with Crippen molar-refractivity contribution in [2.24, 2.45) is 5.73 Å². The second-order valence-corrected chi connectivity index (χ2v) is 5.44. The molecule has 0 aliphatic carbocycles. The lowest BCUT2D eigenvalue weighted by Crippen LogP contribution is -2.05. The zero-order valence-electron chi connectivity index (χ0n) is 13.0. The van der Waals surface area contributed by atoms with Gasteiger partial charge in [-0.1, -0.05) is 23.7 Å².